The SMILES string of the molecule is CCC(F)(F)C(F)(F)C(F)(F)C(F)(F)C(F)(F)C(F)(F)CCOC(=O)/C(=C\C(F)(F)F)C(F)(F)F. The minimum Gasteiger partial charge on any atom is -0.462 e. The van der Waals surface area contributed by atoms with Gasteiger partial charge in [0.05, 0.1) is 13.0 Å². The molecule has 0 aromatic carbocycles. The molecule has 0 atom stereocenters. The Bertz CT molecular complexity index is 789. The summed E-state index contributed by atoms with van der Waals surface area (Å²) in [4.78, 5) is 11.0. The van der Waals surface area contributed by atoms with Crippen molar-refractivity contribution in [2.24, 2.45) is 0 Å². The summed E-state index contributed by atoms with van der Waals surface area (Å²) in [5.41, 5.74) is -3.24. The highest BCUT2D eigenvalue weighted by Gasteiger charge is 2.89. The van der Waals surface area contributed by atoms with Gasteiger partial charge in [0.1, 0.15) is 5.57 Å². The van der Waals surface area contributed by atoms with Crippen LogP contribution in [0.5, 0.6) is 0 Å². The smallest absolute Gasteiger partial charge is 0.423 e. The van der Waals surface area contributed by atoms with Crippen LogP contribution in [0.3, 0.4) is 0 Å². The van der Waals surface area contributed by atoms with E-state index in [-0.39, 0.29) is 6.92 Å². The highest BCUT2D eigenvalue weighted by atomic mass is 19.4. The summed E-state index contributed by atoms with van der Waals surface area (Å²) in [5, 5.41) is 0. The quantitative estimate of drug-likeness (QED) is 0.160. The molecule has 35 heavy (non-hydrogen) atoms. The maximum Gasteiger partial charge on any atom is 0.423 e. The molecular formula is C15H10F18O2. The molecule has 0 aliphatic carbocycles. The van der Waals surface area contributed by atoms with Gasteiger partial charge in [0, 0.05) is 12.5 Å². The first-order valence-electron chi connectivity index (χ1n) is 8.34. The van der Waals surface area contributed by atoms with Gasteiger partial charge in [0.2, 0.25) is 0 Å². The molecule has 0 saturated carbocycles. The summed E-state index contributed by atoms with van der Waals surface area (Å²) >= 11 is 0. The summed E-state index contributed by atoms with van der Waals surface area (Å²) < 4.78 is 237. The Kier molecular flexibility index (Phi) is 8.88. The number of carbonyl (C=O) groups is 1. The molecule has 0 aromatic heterocycles. The molecular weight excluding hydrogens is 554 g/mol. The van der Waals surface area contributed by atoms with Crippen LogP contribution in [0.4, 0.5) is 79.0 Å². The molecule has 0 rings (SSSR count). The van der Waals surface area contributed by atoms with Crippen LogP contribution in [0.25, 0.3) is 0 Å². The average molecular weight is 564 g/mol. The second-order valence-corrected chi connectivity index (χ2v) is 6.54. The minimum absolute atomic E-state index is 0.0195. The molecule has 0 fully saturated rings. The number of hydrogen-bond acceptors (Lipinski definition) is 2. The van der Waals surface area contributed by atoms with Crippen molar-refractivity contribution in [3.8, 4) is 0 Å². The molecule has 208 valence electrons. The largest absolute Gasteiger partial charge is 0.462 e. The van der Waals surface area contributed by atoms with E-state index >= 15 is 0 Å². The number of alkyl halides is 18. The molecule has 0 spiro atoms. The highest BCUT2D eigenvalue weighted by Crippen LogP contribution is 2.60. The predicted octanol–water partition coefficient (Wildman–Crippen LogP) is 7.19. The maximum atomic E-state index is 13.6. The number of esters is 1. The first-order chi connectivity index (χ1) is 15.0. The number of hydrogen-bond donors (Lipinski definition) is 0. The summed E-state index contributed by atoms with van der Waals surface area (Å²) in [6, 6.07) is 0. The number of carbonyl (C=O) groups excluding carboxylic acids is 1. The average Bonchev–Trinajstić information content (AvgIpc) is 2.63. The Labute approximate surface area is 181 Å². The third-order valence-corrected chi connectivity index (χ3v) is 4.03. The Morgan fingerprint density at radius 1 is 0.629 bits per heavy atom. The van der Waals surface area contributed by atoms with Crippen LogP contribution >= 0.6 is 0 Å². The van der Waals surface area contributed by atoms with Crippen LogP contribution in [-0.2, 0) is 9.53 Å². The molecule has 0 bridgehead atoms. The molecule has 0 aliphatic rings. The van der Waals surface area contributed by atoms with Gasteiger partial charge in [-0.15, -0.1) is 0 Å². The zero-order valence-electron chi connectivity index (χ0n) is 16.3. The summed E-state index contributed by atoms with van der Waals surface area (Å²) in [7, 11) is 0. The van der Waals surface area contributed by atoms with Gasteiger partial charge in [0.25, 0.3) is 0 Å². The van der Waals surface area contributed by atoms with Crippen molar-refractivity contribution in [3.63, 3.8) is 0 Å². The molecule has 0 aliphatic heterocycles. The Morgan fingerprint density at radius 3 is 1.31 bits per heavy atom. The van der Waals surface area contributed by atoms with E-state index in [9.17, 15) is 83.8 Å². The lowest BCUT2D eigenvalue weighted by Crippen LogP contribution is -2.70. The minimum atomic E-state index is -7.96. The standard InChI is InChI=1S/C15H10F18O2/c1-2-8(16,17)12(26,27)14(30,31)15(32,33)13(28,29)9(18,19)3-4-35-7(34)6(11(23,24)25)5-10(20,21)22/h5H,2-4H2,1H3/b6-5+. The first kappa shape index (κ1) is 33.0. The number of ether oxygens (including phenoxy) is 1. The summed E-state index contributed by atoms with van der Waals surface area (Å²) in [6.45, 7) is -2.55. The molecule has 2 nitrogen and oxygen atoms in total. The van der Waals surface area contributed by atoms with Gasteiger partial charge in [0.15, 0.2) is 0 Å². The molecule has 20 heteroatoms. The zero-order valence-corrected chi connectivity index (χ0v) is 16.3. The number of allylic oxidation sites excluding steroid dienone is 1. The molecule has 0 aromatic rings. The first-order valence-corrected chi connectivity index (χ1v) is 8.34. The van der Waals surface area contributed by atoms with Crippen molar-refractivity contribution in [1.82, 2.24) is 0 Å². The van der Waals surface area contributed by atoms with Crippen molar-refractivity contribution in [3.05, 3.63) is 11.6 Å². The van der Waals surface area contributed by atoms with E-state index in [2.05, 4.69) is 4.74 Å². The second-order valence-electron chi connectivity index (χ2n) is 6.54. The lowest BCUT2D eigenvalue weighted by atomic mass is 9.90. The monoisotopic (exact) mass is 564 g/mol. The molecule has 0 saturated heterocycles. The van der Waals surface area contributed by atoms with Crippen molar-refractivity contribution >= 4 is 5.97 Å². The van der Waals surface area contributed by atoms with Gasteiger partial charge < -0.3 is 4.74 Å². The van der Waals surface area contributed by atoms with Gasteiger partial charge in [-0.2, -0.15) is 79.0 Å². The molecule has 0 N–H and O–H groups in total. The fourth-order valence-corrected chi connectivity index (χ4v) is 2.00. The molecule has 0 unspecified atom stereocenters. The molecule has 0 heterocycles. The van der Waals surface area contributed by atoms with Gasteiger partial charge in [-0.25, -0.2) is 4.79 Å². The van der Waals surface area contributed by atoms with Crippen molar-refractivity contribution in [1.29, 1.82) is 0 Å². The zero-order chi connectivity index (χ0) is 28.7. The fourth-order valence-electron chi connectivity index (χ4n) is 2.00. The van der Waals surface area contributed by atoms with Gasteiger partial charge in [-0.3, -0.25) is 0 Å². The normalized spacial score (nSPS) is 15.9. The summed E-state index contributed by atoms with van der Waals surface area (Å²) in [5.74, 6) is -46.7. The summed E-state index contributed by atoms with van der Waals surface area (Å²) in [6.07, 6.45) is -19.3. The fraction of sp³-hybridized carbons (Fsp3) is 0.800. The lowest BCUT2D eigenvalue weighted by Gasteiger charge is -2.41. The van der Waals surface area contributed by atoms with Crippen LogP contribution in [-0.4, -0.2) is 60.5 Å². The Morgan fingerprint density at radius 2 is 1.00 bits per heavy atom. The van der Waals surface area contributed by atoms with Crippen LogP contribution in [0.1, 0.15) is 19.8 Å². The van der Waals surface area contributed by atoms with Crippen molar-refractivity contribution in [2.45, 2.75) is 67.7 Å². The Balaban J connectivity index is 5.96. The lowest BCUT2D eigenvalue weighted by molar-refractivity contribution is -0.425. The number of halogens is 18. The highest BCUT2D eigenvalue weighted by molar-refractivity contribution is 5.90. The van der Waals surface area contributed by atoms with Crippen LogP contribution in [0.2, 0.25) is 0 Å². The van der Waals surface area contributed by atoms with Crippen molar-refractivity contribution in [2.75, 3.05) is 6.61 Å². The van der Waals surface area contributed by atoms with E-state index in [0.717, 1.165) is 0 Å². The van der Waals surface area contributed by atoms with E-state index in [1.165, 1.54) is 0 Å². The van der Waals surface area contributed by atoms with Crippen LogP contribution < -0.4 is 0 Å². The van der Waals surface area contributed by atoms with Crippen molar-refractivity contribution < 1.29 is 88.6 Å². The van der Waals surface area contributed by atoms with Crippen LogP contribution in [0.15, 0.2) is 11.6 Å². The van der Waals surface area contributed by atoms with E-state index in [0.29, 0.717) is 0 Å². The molecule has 0 radical (unpaired) electrons. The van der Waals surface area contributed by atoms with Gasteiger partial charge in [-0.05, 0) is 0 Å². The third kappa shape index (κ3) is 6.21. The topological polar surface area (TPSA) is 26.3 Å². The van der Waals surface area contributed by atoms with E-state index < -0.39 is 85.0 Å². The van der Waals surface area contributed by atoms with Crippen LogP contribution in [0, 0.1) is 0 Å². The van der Waals surface area contributed by atoms with E-state index in [1.807, 2.05) is 0 Å². The van der Waals surface area contributed by atoms with Gasteiger partial charge >= 0.3 is 53.9 Å². The van der Waals surface area contributed by atoms with E-state index in [4.69, 9.17) is 0 Å². The van der Waals surface area contributed by atoms with E-state index in [1.54, 1.807) is 0 Å². The maximum absolute atomic E-state index is 13.6. The van der Waals surface area contributed by atoms with Gasteiger partial charge in [-0.1, -0.05) is 6.92 Å². The third-order valence-electron chi connectivity index (χ3n) is 4.03. The second kappa shape index (κ2) is 9.44. The number of rotatable bonds is 10. The predicted molar refractivity (Wildman–Crippen MR) is 75.7 cm³/mol. The Hall–Kier alpha value is -2.05. The molecule has 0 amide bonds.